The lowest BCUT2D eigenvalue weighted by atomic mass is 9.79. The first-order valence-corrected chi connectivity index (χ1v) is 8.87. The minimum absolute atomic E-state index is 0.125. The van der Waals surface area contributed by atoms with Gasteiger partial charge in [-0.1, -0.05) is 37.5 Å². The predicted molar refractivity (Wildman–Crippen MR) is 101 cm³/mol. The molecule has 1 aliphatic carbocycles. The summed E-state index contributed by atoms with van der Waals surface area (Å²) >= 11 is 5.46. The first-order valence-electron chi connectivity index (χ1n) is 8.46. The average Bonchev–Trinajstić information content (AvgIpc) is 2.77. The highest BCUT2D eigenvalue weighted by molar-refractivity contribution is 7.80. The Morgan fingerprint density at radius 3 is 2.50 bits per heavy atom. The zero-order chi connectivity index (χ0) is 17.3. The SMILES string of the molecule is Cc1cccc(C)c1NC1=NC(=S)N(CC(N)=O)C12CCCCC2. The number of thiocarbonyl (C=S) groups is 1. The van der Waals surface area contributed by atoms with Gasteiger partial charge in [0.25, 0.3) is 0 Å². The fourth-order valence-electron chi connectivity index (χ4n) is 3.86. The van der Waals surface area contributed by atoms with E-state index in [1.165, 1.54) is 17.5 Å². The van der Waals surface area contributed by atoms with E-state index in [1.54, 1.807) is 0 Å². The summed E-state index contributed by atoms with van der Waals surface area (Å²) in [6, 6.07) is 6.21. The van der Waals surface area contributed by atoms with E-state index >= 15 is 0 Å². The second kappa shape index (κ2) is 6.51. The van der Waals surface area contributed by atoms with Crippen molar-refractivity contribution in [2.75, 3.05) is 11.9 Å². The van der Waals surface area contributed by atoms with Gasteiger partial charge in [0.05, 0.1) is 6.54 Å². The molecule has 1 aromatic carbocycles. The van der Waals surface area contributed by atoms with Crippen molar-refractivity contribution in [1.82, 2.24) is 4.90 Å². The van der Waals surface area contributed by atoms with Crippen LogP contribution in [0.2, 0.25) is 0 Å². The van der Waals surface area contributed by atoms with Crippen LogP contribution in [0.1, 0.15) is 43.2 Å². The molecule has 6 heteroatoms. The molecule has 0 atom stereocenters. The normalized spacial score (nSPS) is 19.5. The van der Waals surface area contributed by atoms with Crippen molar-refractivity contribution in [3.63, 3.8) is 0 Å². The maximum Gasteiger partial charge on any atom is 0.237 e. The van der Waals surface area contributed by atoms with Gasteiger partial charge in [0.1, 0.15) is 11.4 Å². The first kappa shape index (κ1) is 16.9. The maximum atomic E-state index is 11.5. The van der Waals surface area contributed by atoms with E-state index in [9.17, 15) is 4.79 Å². The fourth-order valence-corrected chi connectivity index (χ4v) is 4.19. The van der Waals surface area contributed by atoms with Gasteiger partial charge in [-0.15, -0.1) is 0 Å². The number of aliphatic imine (C=N–C) groups is 1. The number of para-hydroxylation sites is 1. The number of nitrogens with two attached hydrogens (primary N) is 1. The van der Waals surface area contributed by atoms with E-state index in [2.05, 4.69) is 36.3 Å². The zero-order valence-electron chi connectivity index (χ0n) is 14.3. The molecule has 128 valence electrons. The molecule has 1 aromatic rings. The highest BCUT2D eigenvalue weighted by Crippen LogP contribution is 2.39. The first-order chi connectivity index (χ1) is 11.4. The third kappa shape index (κ3) is 2.90. The number of hydrogen-bond donors (Lipinski definition) is 2. The third-order valence-electron chi connectivity index (χ3n) is 5.12. The van der Waals surface area contributed by atoms with Crippen molar-refractivity contribution in [1.29, 1.82) is 0 Å². The minimum Gasteiger partial charge on any atom is -0.368 e. The molecular formula is C18H24N4OS. The van der Waals surface area contributed by atoms with E-state index < -0.39 is 0 Å². The van der Waals surface area contributed by atoms with Gasteiger partial charge in [-0.3, -0.25) is 4.79 Å². The average molecular weight is 344 g/mol. The van der Waals surface area contributed by atoms with E-state index in [4.69, 9.17) is 18.0 Å². The molecule has 0 radical (unpaired) electrons. The summed E-state index contributed by atoms with van der Waals surface area (Å²) in [5.74, 6) is 0.497. The minimum atomic E-state index is -0.370. The van der Waals surface area contributed by atoms with Gasteiger partial charge < -0.3 is 16.0 Å². The Hall–Kier alpha value is -1.95. The van der Waals surface area contributed by atoms with Crippen LogP contribution in [0.25, 0.3) is 0 Å². The number of amidine groups is 1. The van der Waals surface area contributed by atoms with Gasteiger partial charge in [0.2, 0.25) is 5.91 Å². The maximum absolute atomic E-state index is 11.5. The molecule has 0 saturated heterocycles. The Kier molecular flexibility index (Phi) is 4.58. The summed E-state index contributed by atoms with van der Waals surface area (Å²) in [6.07, 6.45) is 5.29. The lowest BCUT2D eigenvalue weighted by Gasteiger charge is -2.42. The molecule has 1 amide bonds. The zero-order valence-corrected chi connectivity index (χ0v) is 15.1. The molecule has 1 heterocycles. The van der Waals surface area contributed by atoms with Crippen molar-refractivity contribution in [3.8, 4) is 0 Å². The van der Waals surface area contributed by atoms with Crippen LogP contribution in [0, 0.1) is 13.8 Å². The second-order valence-electron chi connectivity index (χ2n) is 6.78. The second-order valence-corrected chi connectivity index (χ2v) is 7.14. The Morgan fingerprint density at radius 2 is 1.92 bits per heavy atom. The smallest absolute Gasteiger partial charge is 0.237 e. The number of hydrogen-bond acceptors (Lipinski definition) is 3. The number of amides is 1. The van der Waals surface area contributed by atoms with Gasteiger partial charge in [-0.25, -0.2) is 4.99 Å². The number of benzene rings is 1. The number of aryl methyl sites for hydroxylation is 2. The molecule has 0 aromatic heterocycles. The van der Waals surface area contributed by atoms with Crippen LogP contribution < -0.4 is 11.1 Å². The Balaban J connectivity index is 1.97. The molecule has 0 unspecified atom stereocenters. The van der Waals surface area contributed by atoms with Crippen molar-refractivity contribution in [3.05, 3.63) is 29.3 Å². The van der Waals surface area contributed by atoms with Crippen LogP contribution in [0.3, 0.4) is 0 Å². The summed E-state index contributed by atoms with van der Waals surface area (Å²) in [4.78, 5) is 18.1. The van der Waals surface area contributed by atoms with Gasteiger partial charge in [-0.2, -0.15) is 0 Å². The summed E-state index contributed by atoms with van der Waals surface area (Å²) in [6.45, 7) is 4.29. The van der Waals surface area contributed by atoms with Gasteiger partial charge in [0, 0.05) is 5.69 Å². The number of rotatable bonds is 3. The number of primary amides is 1. The largest absolute Gasteiger partial charge is 0.368 e. The Morgan fingerprint density at radius 1 is 1.29 bits per heavy atom. The van der Waals surface area contributed by atoms with Crippen molar-refractivity contribution < 1.29 is 4.79 Å². The van der Waals surface area contributed by atoms with Gasteiger partial charge >= 0.3 is 0 Å². The highest BCUT2D eigenvalue weighted by Gasteiger charge is 2.48. The fraction of sp³-hybridized carbons (Fsp3) is 0.500. The summed E-state index contributed by atoms with van der Waals surface area (Å²) < 4.78 is 0. The number of nitrogens with one attached hydrogen (secondary N) is 1. The molecule has 1 saturated carbocycles. The summed E-state index contributed by atoms with van der Waals surface area (Å²) in [5.41, 5.74) is 8.55. The van der Waals surface area contributed by atoms with Crippen LogP contribution >= 0.6 is 12.2 Å². The Bertz CT molecular complexity index is 687. The van der Waals surface area contributed by atoms with Crippen LogP contribution in [0.15, 0.2) is 23.2 Å². The summed E-state index contributed by atoms with van der Waals surface area (Å²) in [5, 5.41) is 4.00. The van der Waals surface area contributed by atoms with E-state index in [-0.39, 0.29) is 18.0 Å². The molecule has 5 nitrogen and oxygen atoms in total. The molecule has 1 aliphatic heterocycles. The molecular weight excluding hydrogens is 320 g/mol. The molecule has 2 aliphatic rings. The standard InChI is InChI=1S/C18H24N4OS/c1-12-7-6-8-13(2)15(12)20-16-18(9-4-3-5-10-18)22(11-14(19)23)17(24)21-16/h6-8H,3-5,9-11H2,1-2H3,(H2,19,23)(H,20,21,24). The number of anilines is 1. The Labute approximate surface area is 148 Å². The predicted octanol–water partition coefficient (Wildman–Crippen LogP) is 2.90. The monoisotopic (exact) mass is 344 g/mol. The quantitative estimate of drug-likeness (QED) is 0.827. The molecule has 1 fully saturated rings. The van der Waals surface area contributed by atoms with Crippen molar-refractivity contribution in [2.24, 2.45) is 10.7 Å². The van der Waals surface area contributed by atoms with Gasteiger partial charge in [-0.05, 0) is 50.0 Å². The lowest BCUT2D eigenvalue weighted by Crippen LogP contribution is -2.56. The van der Waals surface area contributed by atoms with Crippen LogP contribution in [0.5, 0.6) is 0 Å². The molecule has 24 heavy (non-hydrogen) atoms. The van der Waals surface area contributed by atoms with Crippen molar-refractivity contribution >= 4 is 34.8 Å². The third-order valence-corrected chi connectivity index (χ3v) is 5.43. The van der Waals surface area contributed by atoms with Gasteiger partial charge in [0.15, 0.2) is 5.11 Å². The van der Waals surface area contributed by atoms with Crippen LogP contribution in [0.4, 0.5) is 5.69 Å². The topological polar surface area (TPSA) is 70.7 Å². The van der Waals surface area contributed by atoms with E-state index in [1.807, 2.05) is 11.0 Å². The number of carbonyl (C=O) groups is 1. The van der Waals surface area contributed by atoms with E-state index in [0.29, 0.717) is 5.11 Å². The molecule has 3 N–H and O–H groups in total. The highest BCUT2D eigenvalue weighted by atomic mass is 32.1. The summed E-state index contributed by atoms with van der Waals surface area (Å²) in [7, 11) is 0. The molecule has 3 rings (SSSR count). The van der Waals surface area contributed by atoms with Crippen molar-refractivity contribution in [2.45, 2.75) is 51.5 Å². The molecule has 1 spiro atoms. The molecule has 0 bridgehead atoms. The lowest BCUT2D eigenvalue weighted by molar-refractivity contribution is -0.119. The van der Waals surface area contributed by atoms with Crippen LogP contribution in [-0.4, -0.2) is 33.8 Å². The van der Waals surface area contributed by atoms with Crippen LogP contribution in [-0.2, 0) is 4.79 Å². The number of nitrogens with zero attached hydrogens (tertiary/aromatic N) is 2. The number of carbonyl (C=O) groups excluding carboxylic acids is 1. The van der Waals surface area contributed by atoms with E-state index in [0.717, 1.165) is 37.2 Å².